The fraction of sp³-hybridized carbons (Fsp3) is 0.364. The number of carboxylic acids is 1. The third-order valence-corrected chi connectivity index (χ3v) is 1.76. The van der Waals surface area contributed by atoms with Crippen LogP contribution in [0.5, 0.6) is 5.88 Å². The van der Waals surface area contributed by atoms with Crippen molar-refractivity contribution < 1.29 is 19.4 Å². The zero-order chi connectivity index (χ0) is 12.8. The van der Waals surface area contributed by atoms with Crippen LogP contribution >= 0.6 is 0 Å². The summed E-state index contributed by atoms with van der Waals surface area (Å²) in [5.41, 5.74) is 0.294. The Kier molecular flexibility index (Phi) is 4.45. The predicted molar refractivity (Wildman–Crippen MR) is 60.0 cm³/mol. The Morgan fingerprint density at radius 2 is 2.18 bits per heavy atom. The molecule has 6 nitrogen and oxygen atoms in total. The number of aliphatic carboxylic acids is 1. The Morgan fingerprint density at radius 3 is 2.65 bits per heavy atom. The number of ether oxygens (including phenoxy) is 1. The maximum atomic E-state index is 11.4. The highest BCUT2D eigenvalue weighted by molar-refractivity contribution is 5.95. The quantitative estimate of drug-likeness (QED) is 0.787. The fourth-order valence-electron chi connectivity index (χ4n) is 1.08. The number of carbonyl (C=O) groups excluding carboxylic acids is 1. The molecule has 0 fully saturated rings. The van der Waals surface area contributed by atoms with Crippen LogP contribution in [0.1, 0.15) is 24.2 Å². The average molecular weight is 238 g/mol. The second kappa shape index (κ2) is 5.83. The van der Waals surface area contributed by atoms with E-state index in [0.717, 1.165) is 0 Å². The highest BCUT2D eigenvalue weighted by Crippen LogP contribution is 2.09. The van der Waals surface area contributed by atoms with Crippen molar-refractivity contribution in [2.24, 2.45) is 0 Å². The molecule has 0 saturated heterocycles. The van der Waals surface area contributed by atoms with Crippen LogP contribution in [0.4, 0.5) is 0 Å². The van der Waals surface area contributed by atoms with Crippen molar-refractivity contribution in [3.8, 4) is 5.88 Å². The van der Waals surface area contributed by atoms with Crippen LogP contribution in [-0.4, -0.2) is 34.6 Å². The molecule has 0 aliphatic rings. The summed E-state index contributed by atoms with van der Waals surface area (Å²) in [6, 6.07) is 3.09. The number of hydrogen-bond acceptors (Lipinski definition) is 4. The van der Waals surface area contributed by atoms with Crippen LogP contribution in [0.2, 0.25) is 0 Å². The van der Waals surface area contributed by atoms with Crippen LogP contribution in [0.25, 0.3) is 0 Å². The maximum Gasteiger partial charge on any atom is 0.322 e. The summed E-state index contributed by atoms with van der Waals surface area (Å²) in [6.45, 7) is 3.33. The lowest BCUT2D eigenvalue weighted by Crippen LogP contribution is -2.29. The van der Waals surface area contributed by atoms with Crippen molar-refractivity contribution in [2.45, 2.75) is 20.0 Å². The Balaban J connectivity index is 2.60. The third kappa shape index (κ3) is 4.50. The van der Waals surface area contributed by atoms with E-state index in [9.17, 15) is 9.59 Å². The number of amides is 1. The normalized spacial score (nSPS) is 10.1. The Morgan fingerprint density at radius 1 is 1.47 bits per heavy atom. The van der Waals surface area contributed by atoms with E-state index in [1.165, 1.54) is 12.3 Å². The van der Waals surface area contributed by atoms with Gasteiger partial charge >= 0.3 is 5.97 Å². The smallest absolute Gasteiger partial charge is 0.322 e. The molecule has 0 aliphatic heterocycles. The molecule has 0 bridgehead atoms. The van der Waals surface area contributed by atoms with Gasteiger partial charge in [0.2, 0.25) is 5.88 Å². The molecule has 1 aromatic rings. The highest BCUT2D eigenvalue weighted by Gasteiger charge is 2.08. The minimum Gasteiger partial charge on any atom is -0.480 e. The minimum atomic E-state index is -1.09. The molecule has 0 aromatic carbocycles. The van der Waals surface area contributed by atoms with Crippen LogP contribution in [0.15, 0.2) is 18.3 Å². The molecule has 0 saturated carbocycles. The fourth-order valence-corrected chi connectivity index (χ4v) is 1.08. The van der Waals surface area contributed by atoms with Crippen LogP contribution in [0.3, 0.4) is 0 Å². The minimum absolute atomic E-state index is 0.00851. The van der Waals surface area contributed by atoms with Gasteiger partial charge in [0, 0.05) is 12.3 Å². The van der Waals surface area contributed by atoms with Gasteiger partial charge in [0.25, 0.3) is 5.91 Å². The Bertz CT molecular complexity index is 400. The number of rotatable bonds is 5. The molecule has 1 aromatic heterocycles. The van der Waals surface area contributed by atoms with Crippen molar-refractivity contribution in [1.29, 1.82) is 0 Å². The number of nitrogens with zero attached hydrogens (tertiary/aromatic N) is 1. The molecule has 1 amide bonds. The van der Waals surface area contributed by atoms with E-state index in [1.54, 1.807) is 6.07 Å². The zero-order valence-electron chi connectivity index (χ0n) is 9.64. The molecular formula is C11H14N2O4. The molecule has 0 unspecified atom stereocenters. The Labute approximate surface area is 98.6 Å². The van der Waals surface area contributed by atoms with Gasteiger partial charge < -0.3 is 15.2 Å². The van der Waals surface area contributed by atoms with E-state index in [2.05, 4.69) is 10.3 Å². The summed E-state index contributed by atoms with van der Waals surface area (Å²) in [7, 11) is 0. The molecule has 92 valence electrons. The van der Waals surface area contributed by atoms with Crippen molar-refractivity contribution in [1.82, 2.24) is 10.3 Å². The summed E-state index contributed by atoms with van der Waals surface area (Å²) >= 11 is 0. The third-order valence-electron chi connectivity index (χ3n) is 1.76. The number of carbonyl (C=O) groups is 2. The van der Waals surface area contributed by atoms with Gasteiger partial charge in [-0.25, -0.2) is 4.98 Å². The molecule has 1 heterocycles. The molecule has 1 rings (SSSR count). The summed E-state index contributed by atoms with van der Waals surface area (Å²) in [6.07, 6.45) is 1.35. The average Bonchev–Trinajstić information content (AvgIpc) is 2.26. The van der Waals surface area contributed by atoms with E-state index in [0.29, 0.717) is 11.4 Å². The predicted octanol–water partition coefficient (Wildman–Crippen LogP) is 0.683. The number of pyridine rings is 1. The molecule has 0 radical (unpaired) electrons. The Hall–Kier alpha value is -2.11. The first-order valence-electron chi connectivity index (χ1n) is 5.11. The van der Waals surface area contributed by atoms with Gasteiger partial charge in [0.15, 0.2) is 0 Å². The van der Waals surface area contributed by atoms with E-state index < -0.39 is 18.4 Å². The van der Waals surface area contributed by atoms with Gasteiger partial charge in [0.1, 0.15) is 6.54 Å². The van der Waals surface area contributed by atoms with Gasteiger partial charge in [-0.05, 0) is 19.9 Å². The highest BCUT2D eigenvalue weighted by atomic mass is 16.5. The second-order valence-corrected chi connectivity index (χ2v) is 3.63. The summed E-state index contributed by atoms with van der Waals surface area (Å²) < 4.78 is 5.31. The topological polar surface area (TPSA) is 88.5 Å². The van der Waals surface area contributed by atoms with E-state index in [-0.39, 0.29) is 6.10 Å². The SMILES string of the molecule is CC(C)Oc1ccc(C(=O)NCC(=O)O)cn1. The first kappa shape index (κ1) is 13.0. The van der Waals surface area contributed by atoms with Gasteiger partial charge in [0.05, 0.1) is 11.7 Å². The van der Waals surface area contributed by atoms with Crippen molar-refractivity contribution in [2.75, 3.05) is 6.54 Å². The molecule has 0 aliphatic carbocycles. The molecule has 0 atom stereocenters. The van der Waals surface area contributed by atoms with E-state index >= 15 is 0 Å². The number of aromatic nitrogens is 1. The van der Waals surface area contributed by atoms with Crippen LogP contribution < -0.4 is 10.1 Å². The molecular weight excluding hydrogens is 224 g/mol. The lowest BCUT2D eigenvalue weighted by molar-refractivity contribution is -0.135. The molecule has 6 heteroatoms. The van der Waals surface area contributed by atoms with E-state index in [4.69, 9.17) is 9.84 Å². The summed E-state index contributed by atoms with van der Waals surface area (Å²) in [5.74, 6) is -1.14. The van der Waals surface area contributed by atoms with Crippen molar-refractivity contribution in [3.05, 3.63) is 23.9 Å². The summed E-state index contributed by atoms with van der Waals surface area (Å²) in [4.78, 5) is 25.6. The van der Waals surface area contributed by atoms with Crippen LogP contribution in [-0.2, 0) is 4.79 Å². The molecule has 17 heavy (non-hydrogen) atoms. The van der Waals surface area contributed by atoms with Gasteiger partial charge in [-0.3, -0.25) is 9.59 Å². The number of nitrogens with one attached hydrogen (secondary N) is 1. The maximum absolute atomic E-state index is 11.4. The molecule has 0 spiro atoms. The zero-order valence-corrected chi connectivity index (χ0v) is 9.64. The number of carboxylic acid groups (broad SMARTS) is 1. The van der Waals surface area contributed by atoms with Gasteiger partial charge in [-0.1, -0.05) is 0 Å². The first-order valence-corrected chi connectivity index (χ1v) is 5.11. The number of hydrogen-bond donors (Lipinski definition) is 2. The monoisotopic (exact) mass is 238 g/mol. The second-order valence-electron chi connectivity index (χ2n) is 3.63. The lowest BCUT2D eigenvalue weighted by Gasteiger charge is -2.08. The van der Waals surface area contributed by atoms with E-state index in [1.807, 2.05) is 13.8 Å². The van der Waals surface area contributed by atoms with Crippen LogP contribution in [0, 0.1) is 0 Å². The van der Waals surface area contributed by atoms with Gasteiger partial charge in [-0.15, -0.1) is 0 Å². The molecule has 2 N–H and O–H groups in total. The largest absolute Gasteiger partial charge is 0.480 e. The first-order chi connectivity index (χ1) is 7.99. The standard InChI is InChI=1S/C11H14N2O4/c1-7(2)17-9-4-3-8(5-12-9)11(16)13-6-10(14)15/h3-5,7H,6H2,1-2H3,(H,13,16)(H,14,15). The lowest BCUT2D eigenvalue weighted by atomic mass is 10.2. The van der Waals surface area contributed by atoms with Crippen molar-refractivity contribution >= 4 is 11.9 Å². The van der Waals surface area contributed by atoms with Crippen molar-refractivity contribution in [3.63, 3.8) is 0 Å². The summed E-state index contributed by atoms with van der Waals surface area (Å²) in [5, 5.41) is 10.6. The van der Waals surface area contributed by atoms with Gasteiger partial charge in [-0.2, -0.15) is 0 Å².